The highest BCUT2D eigenvalue weighted by molar-refractivity contribution is 5.92. The maximum Gasteiger partial charge on any atom is 0.268 e. The van der Waals surface area contributed by atoms with Crippen LogP contribution in [0.1, 0.15) is 46.8 Å². The molecule has 2 rings (SSSR count). The van der Waals surface area contributed by atoms with E-state index < -0.39 is 0 Å². The molecule has 2 N–H and O–H groups in total. The van der Waals surface area contributed by atoms with Crippen LogP contribution in [-0.2, 0) is 0 Å². The Hall–Kier alpha value is -2.43. The monoisotopic (exact) mass is 285 g/mol. The number of amides is 1. The Balaban J connectivity index is 2.19. The summed E-state index contributed by atoms with van der Waals surface area (Å²) in [5.74, 6) is -0.301. The summed E-state index contributed by atoms with van der Waals surface area (Å²) in [5, 5.41) is 2.90. The molecular weight excluding hydrogens is 266 g/mol. The minimum absolute atomic E-state index is 0.179. The van der Waals surface area contributed by atoms with Crippen LogP contribution in [0.3, 0.4) is 0 Å². The molecule has 5 nitrogen and oxygen atoms in total. The Bertz CT molecular complexity index is 689. The first kappa shape index (κ1) is 15.0. The highest BCUT2D eigenvalue weighted by Crippen LogP contribution is 2.14. The van der Waals surface area contributed by atoms with E-state index in [0.29, 0.717) is 5.69 Å². The molecule has 0 aliphatic heterocycles. The molecule has 5 heteroatoms. The summed E-state index contributed by atoms with van der Waals surface area (Å²) in [6, 6.07) is 6.45. The Morgan fingerprint density at radius 3 is 2.67 bits per heavy atom. The zero-order valence-corrected chi connectivity index (χ0v) is 12.4. The van der Waals surface area contributed by atoms with Crippen molar-refractivity contribution in [2.45, 2.75) is 33.2 Å². The van der Waals surface area contributed by atoms with Crippen LogP contribution in [0.2, 0.25) is 0 Å². The molecule has 0 radical (unpaired) electrons. The number of carbonyl (C=O) groups excluding carboxylic acids is 1. The molecule has 2 aromatic rings. The second kappa shape index (κ2) is 6.35. The van der Waals surface area contributed by atoms with Crippen molar-refractivity contribution in [3.8, 4) is 0 Å². The molecule has 0 saturated heterocycles. The molecule has 0 aliphatic rings. The van der Waals surface area contributed by atoms with Crippen LogP contribution in [0, 0.1) is 13.8 Å². The average molecular weight is 285 g/mol. The molecular formula is C16H19N3O2. The van der Waals surface area contributed by atoms with Crippen molar-refractivity contribution >= 4 is 5.91 Å². The Morgan fingerprint density at radius 1 is 1.33 bits per heavy atom. The topological polar surface area (TPSA) is 74.8 Å². The second-order valence-electron chi connectivity index (χ2n) is 5.11. The number of aryl methyl sites for hydroxylation is 2. The summed E-state index contributed by atoms with van der Waals surface area (Å²) >= 11 is 0. The van der Waals surface area contributed by atoms with Crippen molar-refractivity contribution in [1.29, 1.82) is 0 Å². The van der Waals surface area contributed by atoms with Gasteiger partial charge in [-0.1, -0.05) is 13.0 Å². The smallest absolute Gasteiger partial charge is 0.268 e. The van der Waals surface area contributed by atoms with Gasteiger partial charge in [0.25, 0.3) is 5.91 Å². The van der Waals surface area contributed by atoms with Crippen molar-refractivity contribution in [2.24, 2.45) is 0 Å². The minimum atomic E-state index is -0.301. The van der Waals surface area contributed by atoms with Gasteiger partial charge in [-0.05, 0) is 31.9 Å². The van der Waals surface area contributed by atoms with Crippen LogP contribution in [0.25, 0.3) is 0 Å². The summed E-state index contributed by atoms with van der Waals surface area (Å²) in [5.41, 5.74) is 2.63. The fourth-order valence-electron chi connectivity index (χ4n) is 2.11. The summed E-state index contributed by atoms with van der Waals surface area (Å²) in [6.45, 7) is 5.69. The molecule has 0 spiro atoms. The van der Waals surface area contributed by atoms with Gasteiger partial charge in [0.05, 0.1) is 11.7 Å². The largest absolute Gasteiger partial charge is 0.354 e. The van der Waals surface area contributed by atoms with Crippen molar-refractivity contribution in [1.82, 2.24) is 15.3 Å². The average Bonchev–Trinajstić information content (AvgIpc) is 2.44. The molecule has 2 heterocycles. The van der Waals surface area contributed by atoms with Crippen LogP contribution in [0.4, 0.5) is 0 Å². The molecule has 110 valence electrons. The fraction of sp³-hybridized carbons (Fsp3) is 0.312. The summed E-state index contributed by atoms with van der Waals surface area (Å²) < 4.78 is 0. The number of pyridine rings is 2. The molecule has 0 aliphatic carbocycles. The van der Waals surface area contributed by atoms with Gasteiger partial charge in [0.1, 0.15) is 5.69 Å². The van der Waals surface area contributed by atoms with E-state index >= 15 is 0 Å². The van der Waals surface area contributed by atoms with Crippen LogP contribution in [0.15, 0.2) is 35.3 Å². The van der Waals surface area contributed by atoms with Crippen molar-refractivity contribution in [2.75, 3.05) is 0 Å². The molecule has 1 atom stereocenters. The Labute approximate surface area is 123 Å². The van der Waals surface area contributed by atoms with Gasteiger partial charge in [0, 0.05) is 24.0 Å². The van der Waals surface area contributed by atoms with E-state index in [1.54, 1.807) is 13.1 Å². The lowest BCUT2D eigenvalue weighted by molar-refractivity contribution is 0.0929. The number of H-pyrrole nitrogens is 1. The zero-order chi connectivity index (χ0) is 15.4. The number of aromatic amines is 1. The maximum absolute atomic E-state index is 12.2. The van der Waals surface area contributed by atoms with Gasteiger partial charge in [-0.2, -0.15) is 0 Å². The third kappa shape index (κ3) is 3.78. The lowest BCUT2D eigenvalue weighted by Gasteiger charge is -2.16. The predicted molar refractivity (Wildman–Crippen MR) is 81.3 cm³/mol. The molecule has 2 aromatic heterocycles. The third-order valence-electron chi connectivity index (χ3n) is 3.23. The van der Waals surface area contributed by atoms with Crippen LogP contribution in [-0.4, -0.2) is 15.9 Å². The highest BCUT2D eigenvalue weighted by Gasteiger charge is 2.16. The Morgan fingerprint density at radius 2 is 2.10 bits per heavy atom. The summed E-state index contributed by atoms with van der Waals surface area (Å²) in [6.07, 6.45) is 2.50. The van der Waals surface area contributed by atoms with E-state index in [4.69, 9.17) is 0 Å². The van der Waals surface area contributed by atoms with E-state index in [1.807, 2.05) is 26.0 Å². The Kier molecular flexibility index (Phi) is 4.52. The third-order valence-corrected chi connectivity index (χ3v) is 3.23. The number of carbonyl (C=O) groups is 1. The molecule has 0 bridgehead atoms. The molecule has 0 fully saturated rings. The van der Waals surface area contributed by atoms with Crippen molar-refractivity contribution < 1.29 is 4.79 Å². The lowest BCUT2D eigenvalue weighted by Crippen LogP contribution is -2.30. The molecule has 21 heavy (non-hydrogen) atoms. The number of hydrogen-bond acceptors (Lipinski definition) is 3. The minimum Gasteiger partial charge on any atom is -0.354 e. The highest BCUT2D eigenvalue weighted by atomic mass is 16.2. The molecule has 0 unspecified atom stereocenters. The van der Waals surface area contributed by atoms with Gasteiger partial charge in [-0.25, -0.2) is 0 Å². The first-order chi connectivity index (χ1) is 9.99. The first-order valence-electron chi connectivity index (χ1n) is 6.94. The van der Waals surface area contributed by atoms with Crippen molar-refractivity contribution in [3.05, 3.63) is 63.3 Å². The quantitative estimate of drug-likeness (QED) is 0.905. The fourth-order valence-corrected chi connectivity index (χ4v) is 2.11. The number of aromatic nitrogens is 2. The van der Waals surface area contributed by atoms with Gasteiger partial charge >= 0.3 is 0 Å². The summed E-state index contributed by atoms with van der Waals surface area (Å²) in [4.78, 5) is 31.0. The molecule has 0 aromatic carbocycles. The lowest BCUT2D eigenvalue weighted by atomic mass is 10.1. The van der Waals surface area contributed by atoms with E-state index in [9.17, 15) is 9.59 Å². The predicted octanol–water partition coefficient (Wildman–Crippen LogP) is 2.27. The number of rotatable bonds is 4. The normalized spacial score (nSPS) is 12.0. The molecule has 0 saturated carbocycles. The van der Waals surface area contributed by atoms with Gasteiger partial charge in [0.2, 0.25) is 0 Å². The SMILES string of the molecule is CC[C@H](NC(=O)c1cc(=O)cc(C)[nH]1)c1ccc(C)cn1. The van der Waals surface area contributed by atoms with E-state index in [2.05, 4.69) is 15.3 Å². The van der Waals surface area contributed by atoms with Crippen LogP contribution < -0.4 is 10.7 Å². The number of nitrogens with one attached hydrogen (secondary N) is 2. The number of hydrogen-bond donors (Lipinski definition) is 2. The van der Waals surface area contributed by atoms with Gasteiger partial charge in [-0.3, -0.25) is 14.6 Å². The van der Waals surface area contributed by atoms with Crippen molar-refractivity contribution in [3.63, 3.8) is 0 Å². The molecule has 1 amide bonds. The van der Waals surface area contributed by atoms with E-state index in [0.717, 1.165) is 17.7 Å². The maximum atomic E-state index is 12.2. The number of nitrogens with zero attached hydrogens (tertiary/aromatic N) is 1. The van der Waals surface area contributed by atoms with E-state index in [-0.39, 0.29) is 23.1 Å². The van der Waals surface area contributed by atoms with Gasteiger partial charge < -0.3 is 10.3 Å². The van der Waals surface area contributed by atoms with Gasteiger partial charge in [-0.15, -0.1) is 0 Å². The van der Waals surface area contributed by atoms with E-state index in [1.165, 1.54) is 12.1 Å². The van der Waals surface area contributed by atoms with Crippen LogP contribution in [0.5, 0.6) is 0 Å². The van der Waals surface area contributed by atoms with Crippen LogP contribution >= 0.6 is 0 Å². The first-order valence-corrected chi connectivity index (χ1v) is 6.94. The zero-order valence-electron chi connectivity index (χ0n) is 12.4. The summed E-state index contributed by atoms with van der Waals surface area (Å²) in [7, 11) is 0. The second-order valence-corrected chi connectivity index (χ2v) is 5.11. The van der Waals surface area contributed by atoms with Gasteiger partial charge in [0.15, 0.2) is 5.43 Å². The standard InChI is InChI=1S/C16H19N3O2/c1-4-13(14-6-5-10(2)9-17-14)19-16(21)15-8-12(20)7-11(3)18-15/h5-9,13H,4H2,1-3H3,(H,18,20)(H,19,21)/t13-/m0/s1.